The maximum atomic E-state index is 13.9. The van der Waals surface area contributed by atoms with Crippen molar-refractivity contribution in [1.82, 2.24) is 5.32 Å². The van der Waals surface area contributed by atoms with Crippen LogP contribution in [0.25, 0.3) is 0 Å². The maximum Gasteiger partial charge on any atom is 0.261 e. The molecule has 27 heavy (non-hydrogen) atoms. The molecule has 2 atom stereocenters. The minimum absolute atomic E-state index is 0.0860. The van der Waals surface area contributed by atoms with Crippen LogP contribution in [0, 0.1) is 12.7 Å². The van der Waals surface area contributed by atoms with E-state index in [0.717, 1.165) is 16.9 Å². The summed E-state index contributed by atoms with van der Waals surface area (Å²) in [6.45, 7) is 7.86. The molecule has 4 nitrogen and oxygen atoms in total. The van der Waals surface area contributed by atoms with E-state index in [-0.39, 0.29) is 17.7 Å². The highest BCUT2D eigenvalue weighted by atomic mass is 19.1. The molecule has 0 unspecified atom stereocenters. The Kier molecular flexibility index (Phi) is 5.40. The standard InChI is InChI=1S/C22H26FNO3/c1-5-18(26-19-9-7-6-8-16(19)23)21(25)24-17-13-22(3,4)27-20-12-14(2)10-11-15(17)20/h6-12,17-18H,5,13H2,1-4H3,(H,24,25)/t17-,18+/m0/s1. The monoisotopic (exact) mass is 371 g/mol. The van der Waals surface area contributed by atoms with E-state index < -0.39 is 17.5 Å². The zero-order valence-electron chi connectivity index (χ0n) is 16.2. The van der Waals surface area contributed by atoms with Crippen LogP contribution in [0.4, 0.5) is 4.39 Å². The first-order valence-corrected chi connectivity index (χ1v) is 9.30. The summed E-state index contributed by atoms with van der Waals surface area (Å²) >= 11 is 0. The third kappa shape index (κ3) is 4.41. The van der Waals surface area contributed by atoms with Gasteiger partial charge in [0, 0.05) is 12.0 Å². The van der Waals surface area contributed by atoms with Gasteiger partial charge in [-0.2, -0.15) is 0 Å². The van der Waals surface area contributed by atoms with E-state index >= 15 is 0 Å². The normalized spacial score (nSPS) is 18.8. The number of benzene rings is 2. The van der Waals surface area contributed by atoms with Crippen LogP contribution in [-0.2, 0) is 4.79 Å². The summed E-state index contributed by atoms with van der Waals surface area (Å²) in [5, 5.41) is 3.07. The van der Waals surface area contributed by atoms with Crippen molar-refractivity contribution in [2.24, 2.45) is 0 Å². The van der Waals surface area contributed by atoms with E-state index in [0.29, 0.717) is 12.8 Å². The SMILES string of the molecule is CC[C@@H](Oc1ccccc1F)C(=O)N[C@H]1CC(C)(C)Oc2cc(C)ccc21. The lowest BCUT2D eigenvalue weighted by Gasteiger charge is -2.38. The van der Waals surface area contributed by atoms with Gasteiger partial charge in [-0.05, 0) is 51.0 Å². The fraction of sp³-hybridized carbons (Fsp3) is 0.409. The van der Waals surface area contributed by atoms with Crippen LogP contribution < -0.4 is 14.8 Å². The van der Waals surface area contributed by atoms with Gasteiger partial charge in [-0.1, -0.05) is 31.2 Å². The quantitative estimate of drug-likeness (QED) is 0.828. The van der Waals surface area contributed by atoms with Gasteiger partial charge < -0.3 is 14.8 Å². The highest BCUT2D eigenvalue weighted by molar-refractivity contribution is 5.81. The van der Waals surface area contributed by atoms with E-state index in [1.165, 1.54) is 12.1 Å². The first kappa shape index (κ1) is 19.2. The molecule has 2 aromatic carbocycles. The molecular weight excluding hydrogens is 345 g/mol. The largest absolute Gasteiger partial charge is 0.487 e. The summed E-state index contributed by atoms with van der Waals surface area (Å²) in [7, 11) is 0. The number of amides is 1. The molecule has 2 aromatic rings. The number of para-hydroxylation sites is 1. The number of rotatable bonds is 5. The highest BCUT2D eigenvalue weighted by Crippen LogP contribution is 2.40. The van der Waals surface area contributed by atoms with Gasteiger partial charge in [0.15, 0.2) is 17.7 Å². The Balaban J connectivity index is 1.79. The molecular formula is C22H26FNO3. The predicted octanol–water partition coefficient (Wildman–Crippen LogP) is 4.71. The fourth-order valence-electron chi connectivity index (χ4n) is 3.37. The average molecular weight is 371 g/mol. The molecule has 1 aliphatic rings. The van der Waals surface area contributed by atoms with Crippen molar-refractivity contribution in [1.29, 1.82) is 0 Å². The molecule has 0 aliphatic carbocycles. The Bertz CT molecular complexity index is 834. The smallest absolute Gasteiger partial charge is 0.261 e. The second kappa shape index (κ2) is 7.59. The summed E-state index contributed by atoms with van der Waals surface area (Å²) < 4.78 is 25.6. The molecule has 1 heterocycles. The number of nitrogens with one attached hydrogen (secondary N) is 1. The maximum absolute atomic E-state index is 13.9. The van der Waals surface area contributed by atoms with Crippen molar-refractivity contribution in [2.75, 3.05) is 0 Å². The van der Waals surface area contributed by atoms with Gasteiger partial charge in [0.1, 0.15) is 11.4 Å². The van der Waals surface area contributed by atoms with Crippen LogP contribution in [0.3, 0.4) is 0 Å². The second-order valence-corrected chi connectivity index (χ2v) is 7.61. The summed E-state index contributed by atoms with van der Waals surface area (Å²) in [5.74, 6) is 0.147. The van der Waals surface area contributed by atoms with Gasteiger partial charge in [-0.15, -0.1) is 0 Å². The van der Waals surface area contributed by atoms with Crippen molar-refractivity contribution in [3.63, 3.8) is 0 Å². The molecule has 5 heteroatoms. The highest BCUT2D eigenvalue weighted by Gasteiger charge is 2.35. The lowest BCUT2D eigenvalue weighted by atomic mass is 9.89. The van der Waals surface area contributed by atoms with E-state index in [1.807, 2.05) is 45.9 Å². The molecule has 0 aromatic heterocycles. The molecule has 0 radical (unpaired) electrons. The van der Waals surface area contributed by atoms with Gasteiger partial charge in [0.25, 0.3) is 5.91 Å². The number of carbonyl (C=O) groups excluding carboxylic acids is 1. The van der Waals surface area contributed by atoms with Crippen molar-refractivity contribution in [3.8, 4) is 11.5 Å². The molecule has 1 aliphatic heterocycles. The number of fused-ring (bicyclic) bond motifs is 1. The zero-order chi connectivity index (χ0) is 19.6. The predicted molar refractivity (Wildman–Crippen MR) is 102 cm³/mol. The van der Waals surface area contributed by atoms with Gasteiger partial charge in [0.2, 0.25) is 0 Å². The topological polar surface area (TPSA) is 47.6 Å². The lowest BCUT2D eigenvalue weighted by molar-refractivity contribution is -0.129. The fourth-order valence-corrected chi connectivity index (χ4v) is 3.37. The number of halogens is 1. The number of hydrogen-bond acceptors (Lipinski definition) is 3. The number of carbonyl (C=O) groups is 1. The van der Waals surface area contributed by atoms with Crippen LogP contribution in [-0.4, -0.2) is 17.6 Å². The number of ether oxygens (including phenoxy) is 2. The Hall–Kier alpha value is -2.56. The number of hydrogen-bond donors (Lipinski definition) is 1. The first-order valence-electron chi connectivity index (χ1n) is 9.30. The summed E-state index contributed by atoms with van der Waals surface area (Å²) in [5.41, 5.74) is 1.66. The molecule has 0 bridgehead atoms. The third-order valence-electron chi connectivity index (χ3n) is 4.71. The van der Waals surface area contributed by atoms with Crippen LogP contribution >= 0.6 is 0 Å². The third-order valence-corrected chi connectivity index (χ3v) is 4.71. The molecule has 0 fully saturated rings. The Morgan fingerprint density at radius 2 is 2.07 bits per heavy atom. The molecule has 0 saturated heterocycles. The van der Waals surface area contributed by atoms with Crippen molar-refractivity contribution < 1.29 is 18.7 Å². The van der Waals surface area contributed by atoms with Crippen LogP contribution in [0.2, 0.25) is 0 Å². The number of aryl methyl sites for hydroxylation is 1. The Morgan fingerprint density at radius 3 is 2.78 bits per heavy atom. The second-order valence-electron chi connectivity index (χ2n) is 7.61. The van der Waals surface area contributed by atoms with E-state index in [4.69, 9.17) is 9.47 Å². The summed E-state index contributed by atoms with van der Waals surface area (Å²) in [4.78, 5) is 12.8. The van der Waals surface area contributed by atoms with Crippen LogP contribution in [0.1, 0.15) is 50.8 Å². The Labute approximate surface area is 159 Å². The first-order chi connectivity index (χ1) is 12.8. The van der Waals surface area contributed by atoms with Gasteiger partial charge >= 0.3 is 0 Å². The zero-order valence-corrected chi connectivity index (χ0v) is 16.2. The molecule has 0 saturated carbocycles. The summed E-state index contributed by atoms with van der Waals surface area (Å²) in [6.07, 6.45) is 0.320. The van der Waals surface area contributed by atoms with Crippen molar-refractivity contribution in [3.05, 3.63) is 59.4 Å². The average Bonchev–Trinajstić information content (AvgIpc) is 2.59. The van der Waals surface area contributed by atoms with E-state index in [9.17, 15) is 9.18 Å². The minimum Gasteiger partial charge on any atom is -0.487 e. The molecule has 3 rings (SSSR count). The molecule has 0 spiro atoms. The van der Waals surface area contributed by atoms with Crippen molar-refractivity contribution >= 4 is 5.91 Å². The molecule has 1 N–H and O–H groups in total. The Morgan fingerprint density at radius 1 is 1.33 bits per heavy atom. The lowest BCUT2D eigenvalue weighted by Crippen LogP contribution is -2.45. The summed E-state index contributed by atoms with van der Waals surface area (Å²) in [6, 6.07) is 11.9. The van der Waals surface area contributed by atoms with E-state index in [2.05, 4.69) is 5.32 Å². The van der Waals surface area contributed by atoms with Crippen molar-refractivity contribution in [2.45, 2.75) is 58.3 Å². The molecule has 144 valence electrons. The van der Waals surface area contributed by atoms with Gasteiger partial charge in [-0.25, -0.2) is 4.39 Å². The van der Waals surface area contributed by atoms with Gasteiger partial charge in [0.05, 0.1) is 6.04 Å². The minimum atomic E-state index is -0.762. The van der Waals surface area contributed by atoms with E-state index in [1.54, 1.807) is 12.1 Å². The molecule has 1 amide bonds. The van der Waals surface area contributed by atoms with Crippen LogP contribution in [0.15, 0.2) is 42.5 Å². The van der Waals surface area contributed by atoms with Crippen LogP contribution in [0.5, 0.6) is 11.5 Å². The van der Waals surface area contributed by atoms with Gasteiger partial charge in [-0.3, -0.25) is 4.79 Å².